The third-order valence-electron chi connectivity index (χ3n) is 4.56. The Morgan fingerprint density at radius 3 is 2.39 bits per heavy atom. The van der Waals surface area contributed by atoms with Crippen LogP contribution in [0.4, 0.5) is 5.69 Å². The third kappa shape index (κ3) is 4.13. The zero-order chi connectivity index (χ0) is 20.3. The van der Waals surface area contributed by atoms with E-state index in [1.54, 1.807) is 32.0 Å². The number of nitrogens with zero attached hydrogens (tertiary/aromatic N) is 1. The zero-order valence-corrected chi connectivity index (χ0v) is 17.0. The molecule has 1 amide bonds. The number of sulfonamides is 1. The van der Waals surface area contributed by atoms with Crippen LogP contribution in [0.25, 0.3) is 0 Å². The van der Waals surface area contributed by atoms with Gasteiger partial charge in [-0.05, 0) is 38.1 Å². The molecule has 2 aromatic rings. The Balaban J connectivity index is 1.82. The number of likely N-dealkylation sites (N-methyl/N-ethyl adjacent to an activating group) is 1. The fourth-order valence-electron chi connectivity index (χ4n) is 2.99. The number of benzene rings is 2. The molecule has 3 rings (SSSR count). The van der Waals surface area contributed by atoms with Crippen molar-refractivity contribution < 1.29 is 22.7 Å². The lowest BCUT2D eigenvalue weighted by Crippen LogP contribution is -2.45. The van der Waals surface area contributed by atoms with Crippen LogP contribution in [0.1, 0.15) is 19.4 Å². The SMILES string of the molecule is CCN([C@H](C)C(=O)Nc1ccc(C)cc1)S(=O)(=O)c1ccc2c(c1)OCCO2. The van der Waals surface area contributed by atoms with Crippen molar-refractivity contribution in [3.63, 3.8) is 0 Å². The summed E-state index contributed by atoms with van der Waals surface area (Å²) in [5, 5.41) is 2.77. The Labute approximate surface area is 165 Å². The summed E-state index contributed by atoms with van der Waals surface area (Å²) in [6, 6.07) is 10.9. The highest BCUT2D eigenvalue weighted by Gasteiger charge is 2.32. The first-order valence-electron chi connectivity index (χ1n) is 9.12. The number of hydrogen-bond acceptors (Lipinski definition) is 5. The number of ether oxygens (including phenoxy) is 2. The van der Waals surface area contributed by atoms with Crippen molar-refractivity contribution in [1.29, 1.82) is 0 Å². The molecule has 7 nitrogen and oxygen atoms in total. The van der Waals surface area contributed by atoms with E-state index in [2.05, 4.69) is 5.32 Å². The number of fused-ring (bicyclic) bond motifs is 1. The Bertz CT molecular complexity index is 957. The topological polar surface area (TPSA) is 84.9 Å². The standard InChI is InChI=1S/C20H24N2O5S/c1-4-22(15(3)20(23)21-16-7-5-14(2)6-8-16)28(24,25)17-9-10-18-19(13-17)27-12-11-26-18/h5-10,13,15H,4,11-12H2,1-3H3,(H,21,23)/t15-/m1/s1. The minimum Gasteiger partial charge on any atom is -0.486 e. The van der Waals surface area contributed by atoms with Crippen LogP contribution in [0.2, 0.25) is 0 Å². The van der Waals surface area contributed by atoms with Crippen LogP contribution in [0, 0.1) is 6.92 Å². The van der Waals surface area contributed by atoms with Crippen molar-refractivity contribution in [1.82, 2.24) is 4.31 Å². The molecule has 0 aliphatic carbocycles. The van der Waals surface area contributed by atoms with E-state index in [9.17, 15) is 13.2 Å². The van der Waals surface area contributed by atoms with Gasteiger partial charge in [-0.2, -0.15) is 4.31 Å². The average molecular weight is 404 g/mol. The van der Waals surface area contributed by atoms with Gasteiger partial charge in [0.05, 0.1) is 4.90 Å². The van der Waals surface area contributed by atoms with Gasteiger partial charge >= 0.3 is 0 Å². The minimum atomic E-state index is -3.89. The molecule has 0 saturated heterocycles. The van der Waals surface area contributed by atoms with Crippen LogP contribution in [0.5, 0.6) is 11.5 Å². The van der Waals surface area contributed by atoms with Gasteiger partial charge in [0.2, 0.25) is 15.9 Å². The van der Waals surface area contributed by atoms with Gasteiger partial charge in [-0.15, -0.1) is 0 Å². The number of hydrogen-bond donors (Lipinski definition) is 1. The molecule has 2 aromatic carbocycles. The fraction of sp³-hybridized carbons (Fsp3) is 0.350. The first-order valence-corrected chi connectivity index (χ1v) is 10.6. The summed E-state index contributed by atoms with van der Waals surface area (Å²) in [5.74, 6) is 0.505. The van der Waals surface area contributed by atoms with Crippen molar-refractivity contribution in [2.75, 3.05) is 25.1 Å². The molecule has 1 heterocycles. The lowest BCUT2D eigenvalue weighted by atomic mass is 10.2. The van der Waals surface area contributed by atoms with Crippen LogP contribution < -0.4 is 14.8 Å². The normalized spacial score (nSPS) is 14.6. The molecule has 1 atom stereocenters. The van der Waals surface area contributed by atoms with Gasteiger partial charge in [0.25, 0.3) is 0 Å². The summed E-state index contributed by atoms with van der Waals surface area (Å²) in [4.78, 5) is 12.7. The van der Waals surface area contributed by atoms with Crippen molar-refractivity contribution >= 4 is 21.6 Å². The summed E-state index contributed by atoms with van der Waals surface area (Å²) >= 11 is 0. The summed E-state index contributed by atoms with van der Waals surface area (Å²) in [6.07, 6.45) is 0. The molecular formula is C20H24N2O5S. The lowest BCUT2D eigenvalue weighted by molar-refractivity contribution is -0.119. The Kier molecular flexibility index (Phi) is 5.90. The van der Waals surface area contributed by atoms with Gasteiger partial charge in [0.1, 0.15) is 19.3 Å². The molecule has 0 spiro atoms. The lowest BCUT2D eigenvalue weighted by Gasteiger charge is -2.27. The number of carbonyl (C=O) groups is 1. The predicted molar refractivity (Wildman–Crippen MR) is 106 cm³/mol. The van der Waals surface area contributed by atoms with E-state index < -0.39 is 22.0 Å². The Morgan fingerprint density at radius 2 is 1.75 bits per heavy atom. The third-order valence-corrected chi connectivity index (χ3v) is 6.60. The van der Waals surface area contributed by atoms with E-state index in [0.29, 0.717) is 30.4 Å². The molecular weight excluding hydrogens is 380 g/mol. The van der Waals surface area contributed by atoms with Crippen molar-refractivity contribution in [3.05, 3.63) is 48.0 Å². The number of amides is 1. The first kappa shape index (κ1) is 20.2. The summed E-state index contributed by atoms with van der Waals surface area (Å²) in [5.41, 5.74) is 1.69. The second-order valence-corrected chi connectivity index (χ2v) is 8.44. The van der Waals surface area contributed by atoms with Gasteiger partial charge in [-0.3, -0.25) is 4.79 Å². The summed E-state index contributed by atoms with van der Waals surface area (Å²) in [7, 11) is -3.89. The minimum absolute atomic E-state index is 0.0635. The first-order chi connectivity index (χ1) is 13.3. The van der Waals surface area contributed by atoms with E-state index in [1.165, 1.54) is 16.4 Å². The molecule has 0 radical (unpaired) electrons. The molecule has 150 valence electrons. The van der Waals surface area contributed by atoms with Gasteiger partial charge < -0.3 is 14.8 Å². The number of carbonyl (C=O) groups excluding carboxylic acids is 1. The predicted octanol–water partition coefficient (Wildman–Crippen LogP) is 2.80. The zero-order valence-electron chi connectivity index (χ0n) is 16.1. The highest BCUT2D eigenvalue weighted by atomic mass is 32.2. The second kappa shape index (κ2) is 8.20. The molecule has 28 heavy (non-hydrogen) atoms. The van der Waals surface area contributed by atoms with Gasteiger partial charge in [-0.1, -0.05) is 24.6 Å². The van der Waals surface area contributed by atoms with E-state index in [0.717, 1.165) is 5.56 Å². The smallest absolute Gasteiger partial charge is 0.243 e. The quantitative estimate of drug-likeness (QED) is 0.800. The molecule has 0 bridgehead atoms. The van der Waals surface area contributed by atoms with Gasteiger partial charge in [0.15, 0.2) is 11.5 Å². The Morgan fingerprint density at radius 1 is 1.11 bits per heavy atom. The van der Waals surface area contributed by atoms with Gasteiger partial charge in [-0.25, -0.2) is 8.42 Å². The van der Waals surface area contributed by atoms with Crippen molar-refractivity contribution in [2.24, 2.45) is 0 Å². The van der Waals surface area contributed by atoms with Gasteiger partial charge in [0, 0.05) is 18.3 Å². The van der Waals surface area contributed by atoms with Crippen LogP contribution in [0.3, 0.4) is 0 Å². The molecule has 0 saturated carbocycles. The monoisotopic (exact) mass is 404 g/mol. The van der Waals surface area contributed by atoms with Crippen molar-refractivity contribution in [3.8, 4) is 11.5 Å². The molecule has 0 fully saturated rings. The molecule has 1 aliphatic rings. The van der Waals surface area contributed by atoms with Crippen LogP contribution in [-0.2, 0) is 14.8 Å². The maximum atomic E-state index is 13.1. The van der Waals surface area contributed by atoms with E-state index >= 15 is 0 Å². The summed E-state index contributed by atoms with van der Waals surface area (Å²) < 4.78 is 38.4. The van der Waals surface area contributed by atoms with E-state index in [-0.39, 0.29) is 11.4 Å². The molecule has 1 aliphatic heterocycles. The summed E-state index contributed by atoms with van der Waals surface area (Å²) in [6.45, 7) is 6.17. The molecule has 0 unspecified atom stereocenters. The van der Waals surface area contributed by atoms with Crippen LogP contribution in [0.15, 0.2) is 47.4 Å². The van der Waals surface area contributed by atoms with E-state index in [4.69, 9.17) is 9.47 Å². The molecule has 8 heteroatoms. The fourth-order valence-corrected chi connectivity index (χ4v) is 4.60. The number of rotatable bonds is 6. The maximum absolute atomic E-state index is 13.1. The number of nitrogens with one attached hydrogen (secondary N) is 1. The number of aryl methyl sites for hydroxylation is 1. The second-order valence-electron chi connectivity index (χ2n) is 6.55. The average Bonchev–Trinajstić information content (AvgIpc) is 2.69. The highest BCUT2D eigenvalue weighted by Crippen LogP contribution is 2.33. The van der Waals surface area contributed by atoms with E-state index in [1.807, 2.05) is 19.1 Å². The molecule has 0 aromatic heterocycles. The largest absolute Gasteiger partial charge is 0.486 e. The van der Waals surface area contributed by atoms with Crippen LogP contribution in [-0.4, -0.2) is 44.4 Å². The van der Waals surface area contributed by atoms with Crippen molar-refractivity contribution in [2.45, 2.75) is 31.7 Å². The highest BCUT2D eigenvalue weighted by molar-refractivity contribution is 7.89. The molecule has 1 N–H and O–H groups in total. The van der Waals surface area contributed by atoms with Crippen LogP contribution >= 0.6 is 0 Å². The Hall–Kier alpha value is -2.58. The number of anilines is 1. The maximum Gasteiger partial charge on any atom is 0.243 e.